The van der Waals surface area contributed by atoms with Crippen molar-refractivity contribution >= 4 is 6.08 Å². The summed E-state index contributed by atoms with van der Waals surface area (Å²) in [6.45, 7) is 0.833. The van der Waals surface area contributed by atoms with Crippen molar-refractivity contribution in [3.63, 3.8) is 0 Å². The molecule has 0 heterocycles. The summed E-state index contributed by atoms with van der Waals surface area (Å²) < 4.78 is 10.0. The number of nitrogens with two attached hydrogens (primary N) is 1. The molecule has 0 aliphatic carbocycles. The summed E-state index contributed by atoms with van der Waals surface area (Å²) in [6.07, 6.45) is 3.88. The number of hydrogen-bond acceptors (Lipinski definition) is 3. The number of ether oxygens (including phenoxy) is 2. The van der Waals surface area contributed by atoms with Crippen LogP contribution in [0.25, 0.3) is 6.08 Å². The smallest absolute Gasteiger partial charge is 0.188 e. The minimum atomic E-state index is 0.276. The molecule has 0 bridgehead atoms. The second-order valence-electron chi connectivity index (χ2n) is 2.76. The molecule has 0 spiro atoms. The lowest BCUT2D eigenvalue weighted by atomic mass is 10.2. The van der Waals surface area contributed by atoms with Crippen molar-refractivity contribution in [2.75, 3.05) is 20.4 Å². The normalized spacial score (nSPS) is 10.7. The Balaban J connectivity index is 2.54. The quantitative estimate of drug-likeness (QED) is 0.723. The van der Waals surface area contributed by atoms with Gasteiger partial charge in [0.25, 0.3) is 0 Å². The van der Waals surface area contributed by atoms with Gasteiger partial charge < -0.3 is 15.2 Å². The van der Waals surface area contributed by atoms with Crippen molar-refractivity contribution in [1.29, 1.82) is 0 Å². The second-order valence-corrected chi connectivity index (χ2v) is 2.76. The molecule has 14 heavy (non-hydrogen) atoms. The van der Waals surface area contributed by atoms with Gasteiger partial charge in [0.15, 0.2) is 6.79 Å². The van der Waals surface area contributed by atoms with Crippen molar-refractivity contribution in [3.8, 4) is 5.75 Å². The van der Waals surface area contributed by atoms with E-state index in [0.29, 0.717) is 6.54 Å². The van der Waals surface area contributed by atoms with E-state index in [1.807, 2.05) is 36.4 Å². The molecule has 1 aromatic rings. The second kappa shape index (κ2) is 6.18. The van der Waals surface area contributed by atoms with Crippen LogP contribution in [0.4, 0.5) is 0 Å². The highest BCUT2D eigenvalue weighted by atomic mass is 16.7. The van der Waals surface area contributed by atoms with Gasteiger partial charge in [0.1, 0.15) is 5.75 Å². The molecule has 0 radical (unpaired) electrons. The first-order chi connectivity index (χ1) is 6.86. The van der Waals surface area contributed by atoms with Crippen LogP contribution in [0.5, 0.6) is 5.75 Å². The molecule has 0 fully saturated rings. The molecule has 0 saturated carbocycles. The van der Waals surface area contributed by atoms with Crippen LogP contribution in [0.2, 0.25) is 0 Å². The molecule has 0 unspecified atom stereocenters. The summed E-state index contributed by atoms with van der Waals surface area (Å²) in [7, 11) is 1.60. The summed E-state index contributed by atoms with van der Waals surface area (Å²) >= 11 is 0. The van der Waals surface area contributed by atoms with E-state index in [0.717, 1.165) is 11.3 Å². The van der Waals surface area contributed by atoms with Crippen molar-refractivity contribution in [3.05, 3.63) is 35.9 Å². The molecule has 0 aromatic heterocycles. The van der Waals surface area contributed by atoms with E-state index >= 15 is 0 Å². The Morgan fingerprint density at radius 2 is 2.00 bits per heavy atom. The molecule has 0 aliphatic heterocycles. The third-order valence-electron chi connectivity index (χ3n) is 1.67. The molecule has 0 aliphatic rings. The van der Waals surface area contributed by atoms with Crippen LogP contribution in [0, 0.1) is 0 Å². The maximum Gasteiger partial charge on any atom is 0.188 e. The average Bonchev–Trinajstić information content (AvgIpc) is 2.25. The van der Waals surface area contributed by atoms with Gasteiger partial charge in [-0.15, -0.1) is 0 Å². The molecular weight excluding hydrogens is 178 g/mol. The molecule has 2 N–H and O–H groups in total. The van der Waals surface area contributed by atoms with Crippen LogP contribution in [-0.4, -0.2) is 20.4 Å². The van der Waals surface area contributed by atoms with E-state index in [1.54, 1.807) is 7.11 Å². The van der Waals surface area contributed by atoms with Gasteiger partial charge in [-0.05, 0) is 17.7 Å². The first-order valence-electron chi connectivity index (χ1n) is 4.45. The van der Waals surface area contributed by atoms with E-state index in [2.05, 4.69) is 0 Å². The van der Waals surface area contributed by atoms with Crippen molar-refractivity contribution in [2.24, 2.45) is 5.73 Å². The van der Waals surface area contributed by atoms with E-state index < -0.39 is 0 Å². The summed E-state index contributed by atoms with van der Waals surface area (Å²) in [5, 5.41) is 0. The Labute approximate surface area is 84.1 Å². The van der Waals surface area contributed by atoms with Crippen molar-refractivity contribution in [2.45, 2.75) is 0 Å². The fraction of sp³-hybridized carbons (Fsp3) is 0.273. The molecule has 3 nitrogen and oxygen atoms in total. The fourth-order valence-corrected chi connectivity index (χ4v) is 1.01. The maximum absolute atomic E-state index is 5.34. The van der Waals surface area contributed by atoms with Crippen LogP contribution >= 0.6 is 0 Å². The van der Waals surface area contributed by atoms with E-state index in [9.17, 15) is 0 Å². The van der Waals surface area contributed by atoms with Crippen LogP contribution in [0.15, 0.2) is 30.3 Å². The number of rotatable bonds is 5. The third kappa shape index (κ3) is 3.60. The Morgan fingerprint density at radius 3 is 2.57 bits per heavy atom. The molecule has 1 aromatic carbocycles. The molecular formula is C11H15NO2. The molecule has 76 valence electrons. The standard InChI is InChI=1S/C11H15NO2/c1-13-9-14-11-6-4-10(5-7-11)3-2-8-12/h2-7H,8-9,12H2,1H3/b3-2+. The van der Waals surface area contributed by atoms with Crippen LogP contribution in [0.1, 0.15) is 5.56 Å². The number of hydrogen-bond donors (Lipinski definition) is 1. The molecule has 0 amide bonds. The first-order valence-corrected chi connectivity index (χ1v) is 4.45. The van der Waals surface area contributed by atoms with E-state index in [1.165, 1.54) is 0 Å². The van der Waals surface area contributed by atoms with E-state index in [4.69, 9.17) is 15.2 Å². The monoisotopic (exact) mass is 193 g/mol. The minimum Gasteiger partial charge on any atom is -0.468 e. The Kier molecular flexibility index (Phi) is 4.75. The predicted octanol–water partition coefficient (Wildman–Crippen LogP) is 1.64. The number of methoxy groups -OCH3 is 1. The van der Waals surface area contributed by atoms with E-state index in [-0.39, 0.29) is 6.79 Å². The fourth-order valence-electron chi connectivity index (χ4n) is 1.01. The largest absolute Gasteiger partial charge is 0.468 e. The van der Waals surface area contributed by atoms with Crippen molar-refractivity contribution in [1.82, 2.24) is 0 Å². The molecule has 3 heteroatoms. The maximum atomic E-state index is 5.34. The lowest BCUT2D eigenvalue weighted by Gasteiger charge is -2.03. The van der Waals surface area contributed by atoms with Crippen LogP contribution in [0.3, 0.4) is 0 Å². The predicted molar refractivity (Wildman–Crippen MR) is 57.0 cm³/mol. The summed E-state index contributed by atoms with van der Waals surface area (Å²) in [6, 6.07) is 7.73. The summed E-state index contributed by atoms with van der Waals surface area (Å²) in [5.74, 6) is 0.803. The van der Waals surface area contributed by atoms with Gasteiger partial charge in [0, 0.05) is 13.7 Å². The van der Waals surface area contributed by atoms with Crippen molar-refractivity contribution < 1.29 is 9.47 Å². The lowest BCUT2D eigenvalue weighted by molar-refractivity contribution is 0.0511. The first kappa shape index (κ1) is 10.8. The summed E-state index contributed by atoms with van der Waals surface area (Å²) in [4.78, 5) is 0. The highest BCUT2D eigenvalue weighted by Gasteiger charge is 1.91. The Bertz CT molecular complexity index is 280. The zero-order chi connectivity index (χ0) is 10.2. The highest BCUT2D eigenvalue weighted by Crippen LogP contribution is 2.12. The van der Waals surface area contributed by atoms with Crippen LogP contribution in [-0.2, 0) is 4.74 Å². The molecule has 1 rings (SSSR count). The average molecular weight is 193 g/mol. The van der Waals surface area contributed by atoms with Gasteiger partial charge in [0.2, 0.25) is 0 Å². The zero-order valence-electron chi connectivity index (χ0n) is 8.27. The topological polar surface area (TPSA) is 44.5 Å². The number of benzene rings is 1. The molecule has 0 atom stereocenters. The van der Waals surface area contributed by atoms with Gasteiger partial charge in [-0.3, -0.25) is 0 Å². The Hall–Kier alpha value is -1.32. The zero-order valence-corrected chi connectivity index (χ0v) is 8.27. The molecule has 0 saturated heterocycles. The van der Waals surface area contributed by atoms with Crippen LogP contribution < -0.4 is 10.5 Å². The minimum absolute atomic E-state index is 0.276. The lowest BCUT2D eigenvalue weighted by Crippen LogP contribution is -1.98. The summed E-state index contributed by atoms with van der Waals surface area (Å²) in [5.41, 5.74) is 6.46. The highest BCUT2D eigenvalue weighted by molar-refractivity contribution is 5.50. The Morgan fingerprint density at radius 1 is 1.29 bits per heavy atom. The van der Waals surface area contributed by atoms with Gasteiger partial charge in [-0.2, -0.15) is 0 Å². The van der Waals surface area contributed by atoms with Gasteiger partial charge in [-0.1, -0.05) is 24.3 Å². The van der Waals surface area contributed by atoms with Gasteiger partial charge >= 0.3 is 0 Å². The SMILES string of the molecule is COCOc1ccc(/C=C/CN)cc1. The third-order valence-corrected chi connectivity index (χ3v) is 1.67. The van der Waals surface area contributed by atoms with Gasteiger partial charge in [-0.25, -0.2) is 0 Å². The van der Waals surface area contributed by atoms with Gasteiger partial charge in [0.05, 0.1) is 0 Å².